The molecule has 0 aliphatic heterocycles. The Morgan fingerprint density at radius 3 is 1.26 bits per heavy atom. The molecule has 39 heavy (non-hydrogen) atoms. The van der Waals surface area contributed by atoms with Crippen molar-refractivity contribution in [2.75, 3.05) is 48.3 Å². The van der Waals surface area contributed by atoms with Crippen molar-refractivity contribution in [3.05, 3.63) is 12.7 Å². The maximum atomic E-state index is 5.84. The highest BCUT2D eigenvalue weighted by Crippen LogP contribution is 2.31. The Hall–Kier alpha value is -0.540. The molecule has 0 aliphatic carbocycles. The van der Waals surface area contributed by atoms with Crippen molar-refractivity contribution in [1.82, 2.24) is 0 Å². The Labute approximate surface area is 242 Å². The van der Waals surface area contributed by atoms with E-state index in [4.69, 9.17) is 33.2 Å². The summed E-state index contributed by atoms with van der Waals surface area (Å²) in [6.45, 7) is 16.1. The van der Waals surface area contributed by atoms with Crippen molar-refractivity contribution in [2.45, 2.75) is 143 Å². The van der Waals surface area contributed by atoms with Crippen LogP contribution in [0.1, 0.15) is 125 Å². The van der Waals surface area contributed by atoms with Crippen LogP contribution in [0.3, 0.4) is 0 Å². The van der Waals surface area contributed by atoms with Crippen molar-refractivity contribution < 1.29 is 33.2 Å². The smallest absolute Gasteiger partial charge is 0.310 e. The van der Waals surface area contributed by atoms with Gasteiger partial charge in [0.25, 0.3) is 5.97 Å². The van der Waals surface area contributed by atoms with Gasteiger partial charge in [-0.05, 0) is 33.6 Å². The molecule has 0 saturated carbocycles. The van der Waals surface area contributed by atoms with Gasteiger partial charge in [0.1, 0.15) is 6.10 Å². The van der Waals surface area contributed by atoms with Crippen LogP contribution in [-0.4, -0.2) is 66.3 Å². The third-order valence-electron chi connectivity index (χ3n) is 7.00. The van der Waals surface area contributed by atoms with Gasteiger partial charge in [-0.25, -0.2) is 0 Å². The van der Waals surface area contributed by atoms with E-state index in [2.05, 4.69) is 20.4 Å². The lowest BCUT2D eigenvalue weighted by molar-refractivity contribution is -0.395. The van der Waals surface area contributed by atoms with Crippen molar-refractivity contribution in [2.24, 2.45) is 5.92 Å². The fourth-order valence-electron chi connectivity index (χ4n) is 4.83. The van der Waals surface area contributed by atoms with Gasteiger partial charge in [-0.15, -0.1) is 6.58 Å². The van der Waals surface area contributed by atoms with Gasteiger partial charge in [0.15, 0.2) is 0 Å². The van der Waals surface area contributed by atoms with Crippen LogP contribution >= 0.6 is 0 Å². The zero-order valence-electron chi connectivity index (χ0n) is 27.3. The van der Waals surface area contributed by atoms with Gasteiger partial charge < -0.3 is 33.2 Å². The first-order valence-corrected chi connectivity index (χ1v) is 15.6. The van der Waals surface area contributed by atoms with Crippen molar-refractivity contribution in [3.8, 4) is 0 Å². The Balaban J connectivity index is 0. The van der Waals surface area contributed by atoms with Crippen LogP contribution in [0.5, 0.6) is 0 Å². The van der Waals surface area contributed by atoms with Gasteiger partial charge in [-0.1, -0.05) is 97.0 Å². The minimum Gasteiger partial charge on any atom is -0.373 e. The molecule has 0 aromatic rings. The normalized spacial score (nSPS) is 13.6. The minimum atomic E-state index is -1.09. The number of ether oxygens (including phenoxy) is 7. The first kappa shape index (κ1) is 40.6. The van der Waals surface area contributed by atoms with Crippen LogP contribution < -0.4 is 0 Å². The molecule has 0 radical (unpaired) electrons. The summed E-state index contributed by atoms with van der Waals surface area (Å²) >= 11 is 0. The molecular formula is C32H66O7. The van der Waals surface area contributed by atoms with Crippen molar-refractivity contribution in [1.29, 1.82) is 0 Å². The number of rotatable bonds is 27. The summed E-state index contributed by atoms with van der Waals surface area (Å²) in [5.41, 5.74) is 0. The van der Waals surface area contributed by atoms with Gasteiger partial charge in [-0.3, -0.25) is 0 Å². The van der Waals surface area contributed by atoms with Crippen LogP contribution in [0.15, 0.2) is 12.7 Å². The van der Waals surface area contributed by atoms with Crippen LogP contribution in [0.25, 0.3) is 0 Å². The Morgan fingerprint density at radius 2 is 0.923 bits per heavy atom. The van der Waals surface area contributed by atoms with E-state index in [9.17, 15) is 0 Å². The predicted octanol–water partition coefficient (Wildman–Crippen LogP) is 8.65. The molecule has 2 unspecified atom stereocenters. The largest absolute Gasteiger partial charge is 0.373 e. The third-order valence-corrected chi connectivity index (χ3v) is 7.00. The van der Waals surface area contributed by atoms with Gasteiger partial charge in [-0.2, -0.15) is 0 Å². The molecule has 7 heteroatoms. The van der Waals surface area contributed by atoms with E-state index in [0.717, 1.165) is 25.7 Å². The lowest BCUT2D eigenvalue weighted by atomic mass is 9.97. The van der Waals surface area contributed by atoms with E-state index in [-0.39, 0.29) is 12.0 Å². The Kier molecular flexibility index (Phi) is 28.8. The van der Waals surface area contributed by atoms with Gasteiger partial charge in [0.2, 0.25) is 0 Å². The first-order valence-electron chi connectivity index (χ1n) is 15.6. The molecule has 0 fully saturated rings. The molecule has 0 bridgehead atoms. The summed E-state index contributed by atoms with van der Waals surface area (Å²) in [6, 6.07) is 0. The summed E-state index contributed by atoms with van der Waals surface area (Å²) < 4.78 is 38.9. The van der Waals surface area contributed by atoms with Gasteiger partial charge >= 0.3 is 5.97 Å². The van der Waals surface area contributed by atoms with E-state index < -0.39 is 11.9 Å². The molecule has 236 valence electrons. The molecule has 0 heterocycles. The highest BCUT2D eigenvalue weighted by Gasteiger charge is 2.41. The Morgan fingerprint density at radius 1 is 0.538 bits per heavy atom. The molecule has 7 nitrogen and oxygen atoms in total. The van der Waals surface area contributed by atoms with E-state index in [1.54, 1.807) is 28.4 Å². The van der Waals surface area contributed by atoms with E-state index in [1.807, 2.05) is 26.8 Å². The second-order valence-corrected chi connectivity index (χ2v) is 9.80. The molecule has 0 rings (SSSR count). The first-order chi connectivity index (χ1) is 18.9. The van der Waals surface area contributed by atoms with Crippen LogP contribution in [0.4, 0.5) is 0 Å². The van der Waals surface area contributed by atoms with E-state index >= 15 is 0 Å². The molecule has 2 atom stereocenters. The van der Waals surface area contributed by atoms with Gasteiger partial charge in [0.05, 0.1) is 5.92 Å². The topological polar surface area (TPSA) is 64.6 Å². The van der Waals surface area contributed by atoms with Crippen molar-refractivity contribution in [3.63, 3.8) is 0 Å². The average molecular weight is 563 g/mol. The van der Waals surface area contributed by atoms with Gasteiger partial charge in [0, 0.05) is 48.3 Å². The van der Waals surface area contributed by atoms with Crippen LogP contribution in [0.2, 0.25) is 0 Å². The van der Waals surface area contributed by atoms with E-state index in [0.29, 0.717) is 19.8 Å². The molecular weight excluding hydrogens is 496 g/mol. The minimum absolute atomic E-state index is 0.0727. The summed E-state index contributed by atoms with van der Waals surface area (Å²) in [5.74, 6) is -1.97. The fourth-order valence-corrected chi connectivity index (χ4v) is 4.83. The lowest BCUT2D eigenvalue weighted by Crippen LogP contribution is -2.48. The molecule has 0 aromatic heterocycles. The predicted molar refractivity (Wildman–Crippen MR) is 162 cm³/mol. The van der Waals surface area contributed by atoms with Crippen molar-refractivity contribution >= 4 is 0 Å². The number of methoxy groups -OCH3 is 4. The monoisotopic (exact) mass is 562 g/mol. The number of hydrogen-bond donors (Lipinski definition) is 0. The molecule has 0 aromatic carbocycles. The summed E-state index contributed by atoms with van der Waals surface area (Å²) in [5, 5.41) is 0. The molecule has 0 amide bonds. The van der Waals surface area contributed by atoms with Crippen LogP contribution in [0, 0.1) is 5.92 Å². The highest BCUT2D eigenvalue weighted by molar-refractivity contribution is 4.87. The highest BCUT2D eigenvalue weighted by atomic mass is 16.9. The average Bonchev–Trinajstić information content (AvgIpc) is 2.95. The Bertz CT molecular complexity index is 485. The molecule has 0 saturated heterocycles. The molecule has 0 spiro atoms. The molecule has 0 N–H and O–H groups in total. The second kappa shape index (κ2) is 27.6. The number of unbranched alkanes of at least 4 members (excludes halogenated alkanes) is 10. The van der Waals surface area contributed by atoms with E-state index in [1.165, 1.54) is 64.2 Å². The maximum Gasteiger partial charge on any atom is 0.310 e. The third kappa shape index (κ3) is 17.1. The lowest BCUT2D eigenvalue weighted by Gasteiger charge is -2.37. The summed E-state index contributed by atoms with van der Waals surface area (Å²) in [6.07, 6.45) is 18.8. The second-order valence-electron chi connectivity index (χ2n) is 9.80. The molecule has 0 aliphatic rings. The zero-order valence-corrected chi connectivity index (χ0v) is 27.3. The zero-order chi connectivity index (χ0) is 29.8. The number of hydrogen-bond acceptors (Lipinski definition) is 7. The maximum absolute atomic E-state index is 5.84. The SMILES string of the molecule is C=CC(CCCCCCCC)C(OCC)(OCC)OCC.CCCCCCCCC(OC)C(OC)(OC)OC. The summed E-state index contributed by atoms with van der Waals surface area (Å²) in [7, 11) is 6.37. The van der Waals surface area contributed by atoms with Crippen LogP contribution in [-0.2, 0) is 33.2 Å². The fraction of sp³-hybridized carbons (Fsp3) is 0.938. The summed E-state index contributed by atoms with van der Waals surface area (Å²) in [4.78, 5) is 0. The quantitative estimate of drug-likeness (QED) is 0.0564. The standard InChI is InChI=1S/C18H36O3.C14H30O4/c1-6-11-12-13-14-15-16-17(7-2)18(19-8-3,20-9-4)21-10-5;1-6-7-8-9-10-11-12-13(15-2)14(16-3,17-4)18-5/h7,17H,2,6,8-16H2,1,3-5H3;13H,6-12H2,1-5H3.